The largest absolute Gasteiger partial charge is 0.376 e. The molecule has 3 nitrogen and oxygen atoms in total. The fourth-order valence-corrected chi connectivity index (χ4v) is 2.55. The summed E-state index contributed by atoms with van der Waals surface area (Å²) in [5, 5.41) is 12.0. The summed E-state index contributed by atoms with van der Waals surface area (Å²) < 4.78 is 0. The number of hydrogen-bond acceptors (Lipinski definition) is 2. The Morgan fingerprint density at radius 3 is 2.55 bits per heavy atom. The van der Waals surface area contributed by atoms with Crippen molar-refractivity contribution in [3.8, 4) is 0 Å². The number of hydrogen-bond donors (Lipinski definition) is 2. The van der Waals surface area contributed by atoms with Gasteiger partial charge < -0.3 is 5.32 Å². The van der Waals surface area contributed by atoms with Gasteiger partial charge in [0.1, 0.15) is 0 Å². The molecule has 1 heterocycles. The molecule has 2 aromatic carbocycles. The van der Waals surface area contributed by atoms with E-state index in [1.165, 1.54) is 5.56 Å². The van der Waals surface area contributed by atoms with E-state index in [-0.39, 0.29) is 6.04 Å². The number of nitrogens with one attached hydrogen (secondary N) is 2. The van der Waals surface area contributed by atoms with Crippen LogP contribution in [0.2, 0.25) is 0 Å². The molecule has 0 amide bonds. The predicted molar refractivity (Wildman–Crippen MR) is 83.7 cm³/mol. The van der Waals surface area contributed by atoms with E-state index in [0.717, 1.165) is 16.6 Å². The molecule has 102 valence electrons. The molecular formula is C17H19N3. The van der Waals surface area contributed by atoms with Crippen LogP contribution in [0.5, 0.6) is 0 Å². The molecule has 2 N–H and O–H groups in total. The highest BCUT2D eigenvalue weighted by Crippen LogP contribution is 2.29. The molecule has 3 rings (SSSR count). The first-order valence-electron chi connectivity index (χ1n) is 6.99. The van der Waals surface area contributed by atoms with Crippen molar-refractivity contribution in [1.82, 2.24) is 10.2 Å². The fourth-order valence-electron chi connectivity index (χ4n) is 2.55. The molecular weight excluding hydrogens is 246 g/mol. The minimum atomic E-state index is 0.282. The third kappa shape index (κ3) is 2.39. The molecule has 1 unspecified atom stereocenters. The summed E-state index contributed by atoms with van der Waals surface area (Å²) in [5.41, 5.74) is 3.47. The standard InChI is InChI=1S/C17H19N3/c1-12(2)16(13-7-4-3-5-8-13)19-15-10-6-9-14-11-18-20-17(14)15/h3-12,16,19H,1-2H3,(H,18,20). The van der Waals surface area contributed by atoms with Gasteiger partial charge in [-0.2, -0.15) is 5.10 Å². The van der Waals surface area contributed by atoms with Crippen LogP contribution in [0.1, 0.15) is 25.5 Å². The van der Waals surface area contributed by atoms with Crippen molar-refractivity contribution in [2.45, 2.75) is 19.9 Å². The van der Waals surface area contributed by atoms with Crippen molar-refractivity contribution in [2.24, 2.45) is 5.92 Å². The molecule has 0 spiro atoms. The highest BCUT2D eigenvalue weighted by Gasteiger charge is 2.16. The van der Waals surface area contributed by atoms with Gasteiger partial charge in [-0.1, -0.05) is 56.3 Å². The first kappa shape index (κ1) is 12.7. The molecule has 1 aromatic heterocycles. The molecule has 3 aromatic rings. The molecule has 0 bridgehead atoms. The summed E-state index contributed by atoms with van der Waals surface area (Å²) in [5.74, 6) is 0.496. The van der Waals surface area contributed by atoms with Gasteiger partial charge in [0.05, 0.1) is 23.4 Å². The van der Waals surface area contributed by atoms with Crippen molar-refractivity contribution in [3.05, 3.63) is 60.3 Å². The maximum atomic E-state index is 4.12. The van der Waals surface area contributed by atoms with Crippen LogP contribution < -0.4 is 5.32 Å². The Kier molecular flexibility index (Phi) is 3.42. The number of aromatic amines is 1. The Morgan fingerprint density at radius 1 is 1.00 bits per heavy atom. The van der Waals surface area contributed by atoms with Crippen molar-refractivity contribution >= 4 is 16.6 Å². The van der Waals surface area contributed by atoms with Crippen molar-refractivity contribution in [3.63, 3.8) is 0 Å². The second-order valence-corrected chi connectivity index (χ2v) is 5.42. The van der Waals surface area contributed by atoms with E-state index in [4.69, 9.17) is 0 Å². The topological polar surface area (TPSA) is 40.7 Å². The number of H-pyrrole nitrogens is 1. The molecule has 0 saturated carbocycles. The minimum absolute atomic E-state index is 0.282. The molecule has 1 atom stereocenters. The van der Waals surface area contributed by atoms with Gasteiger partial charge in [-0.05, 0) is 17.5 Å². The van der Waals surface area contributed by atoms with E-state index in [9.17, 15) is 0 Å². The lowest BCUT2D eigenvalue weighted by molar-refractivity contribution is 0.547. The molecule has 20 heavy (non-hydrogen) atoms. The Morgan fingerprint density at radius 2 is 1.80 bits per heavy atom. The van der Waals surface area contributed by atoms with Crippen LogP contribution in [0, 0.1) is 5.92 Å². The van der Waals surface area contributed by atoms with E-state index >= 15 is 0 Å². The normalized spacial score (nSPS) is 12.8. The Bertz CT molecular complexity index is 686. The molecule has 0 radical (unpaired) electrons. The zero-order valence-electron chi connectivity index (χ0n) is 11.8. The smallest absolute Gasteiger partial charge is 0.0881 e. The number of benzene rings is 2. The van der Waals surface area contributed by atoms with Crippen molar-refractivity contribution in [2.75, 3.05) is 5.32 Å². The second-order valence-electron chi connectivity index (χ2n) is 5.42. The van der Waals surface area contributed by atoms with E-state index in [1.54, 1.807) is 0 Å². The van der Waals surface area contributed by atoms with Gasteiger partial charge >= 0.3 is 0 Å². The maximum absolute atomic E-state index is 4.12. The SMILES string of the molecule is CC(C)C(Nc1cccc2cn[nH]c12)c1ccccc1. The Hall–Kier alpha value is -2.29. The average Bonchev–Trinajstić information content (AvgIpc) is 2.94. The first-order valence-corrected chi connectivity index (χ1v) is 6.99. The van der Waals surface area contributed by atoms with E-state index in [2.05, 4.69) is 77.9 Å². The summed E-state index contributed by atoms with van der Waals surface area (Å²) >= 11 is 0. The number of fused-ring (bicyclic) bond motifs is 1. The van der Waals surface area contributed by atoms with Gasteiger partial charge in [0.15, 0.2) is 0 Å². The van der Waals surface area contributed by atoms with Crippen LogP contribution in [0.4, 0.5) is 5.69 Å². The van der Waals surface area contributed by atoms with Gasteiger partial charge in [0, 0.05) is 5.39 Å². The summed E-state index contributed by atoms with van der Waals surface area (Å²) in [6, 6.07) is 17.1. The van der Waals surface area contributed by atoms with Gasteiger partial charge in [0.2, 0.25) is 0 Å². The highest BCUT2D eigenvalue weighted by atomic mass is 15.1. The minimum Gasteiger partial charge on any atom is -0.376 e. The van der Waals surface area contributed by atoms with Crippen LogP contribution in [-0.2, 0) is 0 Å². The third-order valence-corrected chi connectivity index (χ3v) is 3.61. The van der Waals surface area contributed by atoms with Crippen LogP contribution in [0.25, 0.3) is 10.9 Å². The van der Waals surface area contributed by atoms with E-state index in [1.807, 2.05) is 6.20 Å². The third-order valence-electron chi connectivity index (χ3n) is 3.61. The number of anilines is 1. The van der Waals surface area contributed by atoms with Crippen molar-refractivity contribution < 1.29 is 0 Å². The lowest BCUT2D eigenvalue weighted by Crippen LogP contribution is -2.16. The summed E-state index contributed by atoms with van der Waals surface area (Å²) in [7, 11) is 0. The monoisotopic (exact) mass is 265 g/mol. The molecule has 0 aliphatic carbocycles. The molecule has 3 heteroatoms. The lowest BCUT2D eigenvalue weighted by atomic mass is 9.95. The summed E-state index contributed by atoms with van der Waals surface area (Å²) in [6.45, 7) is 4.47. The molecule has 0 fully saturated rings. The number of rotatable bonds is 4. The Balaban J connectivity index is 1.96. The highest BCUT2D eigenvalue weighted by molar-refractivity contribution is 5.90. The quantitative estimate of drug-likeness (QED) is 0.735. The summed E-state index contributed by atoms with van der Waals surface area (Å²) in [4.78, 5) is 0. The molecule has 0 saturated heterocycles. The number of aromatic nitrogens is 2. The average molecular weight is 265 g/mol. The predicted octanol–water partition coefficient (Wildman–Crippen LogP) is 4.37. The van der Waals surface area contributed by atoms with E-state index in [0.29, 0.717) is 5.92 Å². The lowest BCUT2D eigenvalue weighted by Gasteiger charge is -2.24. The first-order chi connectivity index (χ1) is 9.75. The summed E-state index contributed by atoms with van der Waals surface area (Å²) in [6.07, 6.45) is 1.85. The van der Waals surface area contributed by atoms with E-state index < -0.39 is 0 Å². The van der Waals surface area contributed by atoms with Crippen molar-refractivity contribution in [1.29, 1.82) is 0 Å². The number of nitrogens with zero attached hydrogens (tertiary/aromatic N) is 1. The van der Waals surface area contributed by atoms with Crippen LogP contribution in [0.3, 0.4) is 0 Å². The Labute approximate surface area is 119 Å². The van der Waals surface area contributed by atoms with Crippen LogP contribution >= 0.6 is 0 Å². The van der Waals surface area contributed by atoms with Crippen LogP contribution in [-0.4, -0.2) is 10.2 Å². The van der Waals surface area contributed by atoms with Gasteiger partial charge in [-0.15, -0.1) is 0 Å². The van der Waals surface area contributed by atoms with Gasteiger partial charge in [-0.25, -0.2) is 0 Å². The van der Waals surface area contributed by atoms with Crippen LogP contribution in [0.15, 0.2) is 54.7 Å². The fraction of sp³-hybridized carbons (Fsp3) is 0.235. The number of para-hydroxylation sites is 1. The molecule has 0 aliphatic rings. The zero-order valence-corrected chi connectivity index (χ0v) is 11.8. The van der Waals surface area contributed by atoms with Gasteiger partial charge in [0.25, 0.3) is 0 Å². The second kappa shape index (κ2) is 5.37. The molecule has 0 aliphatic heterocycles. The zero-order chi connectivity index (χ0) is 13.9. The van der Waals surface area contributed by atoms with Gasteiger partial charge in [-0.3, -0.25) is 5.10 Å². The maximum Gasteiger partial charge on any atom is 0.0881 e.